The zero-order valence-corrected chi connectivity index (χ0v) is 19.9. The Morgan fingerprint density at radius 3 is 2.20 bits per heavy atom. The van der Waals surface area contributed by atoms with Crippen LogP contribution in [0.25, 0.3) is 5.76 Å². The molecule has 1 fully saturated rings. The van der Waals surface area contributed by atoms with Gasteiger partial charge in [0.2, 0.25) is 0 Å². The first kappa shape index (κ1) is 24.0. The fourth-order valence-corrected chi connectivity index (χ4v) is 4.16. The molecule has 3 aromatic rings. The molecule has 6 nitrogen and oxygen atoms in total. The molecule has 1 aliphatic rings. The lowest BCUT2D eigenvalue weighted by molar-refractivity contribution is -0.132. The van der Waals surface area contributed by atoms with Gasteiger partial charge in [-0.25, -0.2) is 4.79 Å². The molecule has 1 amide bonds. The molecule has 0 saturated carbocycles. The monoisotopic (exact) mass is 469 g/mol. The molecule has 1 aliphatic heterocycles. The van der Waals surface area contributed by atoms with E-state index in [0.717, 1.165) is 11.1 Å². The highest BCUT2D eigenvalue weighted by Gasteiger charge is 2.47. The Morgan fingerprint density at radius 1 is 0.914 bits per heavy atom. The van der Waals surface area contributed by atoms with Crippen molar-refractivity contribution in [3.8, 4) is 0 Å². The second-order valence-electron chi connectivity index (χ2n) is 8.63. The number of carbonyl (C=O) groups excluding carboxylic acids is 3. The van der Waals surface area contributed by atoms with Gasteiger partial charge in [0.15, 0.2) is 0 Å². The Balaban J connectivity index is 1.83. The van der Waals surface area contributed by atoms with Gasteiger partial charge in [-0.15, -0.1) is 0 Å². The Hall–Kier alpha value is -4.19. The summed E-state index contributed by atoms with van der Waals surface area (Å²) < 4.78 is 5.18. The molecular weight excluding hydrogens is 442 g/mol. The lowest BCUT2D eigenvalue weighted by Gasteiger charge is -2.26. The van der Waals surface area contributed by atoms with Crippen LogP contribution in [0.1, 0.15) is 52.0 Å². The van der Waals surface area contributed by atoms with E-state index in [0.29, 0.717) is 35.4 Å². The Bertz CT molecular complexity index is 1310. The van der Waals surface area contributed by atoms with Gasteiger partial charge in [0, 0.05) is 11.3 Å². The van der Waals surface area contributed by atoms with Crippen LogP contribution in [-0.2, 0) is 14.3 Å². The van der Waals surface area contributed by atoms with Gasteiger partial charge in [0.05, 0.1) is 23.8 Å². The van der Waals surface area contributed by atoms with Crippen LogP contribution in [0, 0.1) is 13.8 Å². The number of benzene rings is 3. The summed E-state index contributed by atoms with van der Waals surface area (Å²) in [6, 6.07) is 20.2. The highest BCUT2D eigenvalue weighted by molar-refractivity contribution is 6.51. The Morgan fingerprint density at radius 2 is 1.57 bits per heavy atom. The zero-order chi connectivity index (χ0) is 25.1. The summed E-state index contributed by atoms with van der Waals surface area (Å²) in [7, 11) is 0. The zero-order valence-electron chi connectivity index (χ0n) is 19.9. The molecule has 0 spiro atoms. The molecule has 4 rings (SSSR count). The summed E-state index contributed by atoms with van der Waals surface area (Å²) >= 11 is 0. The topological polar surface area (TPSA) is 83.9 Å². The average Bonchev–Trinajstić information content (AvgIpc) is 3.13. The first-order valence-electron chi connectivity index (χ1n) is 11.5. The molecule has 0 aromatic heterocycles. The van der Waals surface area contributed by atoms with Gasteiger partial charge in [0.1, 0.15) is 5.76 Å². The second kappa shape index (κ2) is 9.97. The summed E-state index contributed by atoms with van der Waals surface area (Å²) in [6.45, 7) is 6.08. The number of nitrogens with zero attached hydrogens (tertiary/aromatic N) is 1. The quantitative estimate of drug-likeness (QED) is 0.223. The van der Waals surface area contributed by atoms with Crippen LogP contribution in [0.15, 0.2) is 78.4 Å². The van der Waals surface area contributed by atoms with Crippen molar-refractivity contribution in [2.45, 2.75) is 33.2 Å². The van der Waals surface area contributed by atoms with Crippen molar-refractivity contribution < 1.29 is 24.2 Å². The van der Waals surface area contributed by atoms with Crippen molar-refractivity contribution in [2.75, 3.05) is 11.5 Å². The summed E-state index contributed by atoms with van der Waals surface area (Å²) in [4.78, 5) is 40.1. The summed E-state index contributed by atoms with van der Waals surface area (Å²) in [6.07, 6.45) is 0.714. The molecular formula is C29H27NO5. The lowest BCUT2D eigenvalue weighted by Crippen LogP contribution is -2.29. The number of esters is 1. The third-order valence-corrected chi connectivity index (χ3v) is 5.95. The standard InChI is InChI=1S/C29H27NO5/c1-4-16-35-29(34)21-12-14-23(15-13-21)30-25(22-7-5-6-19(3)17-22)24(27(32)28(30)33)26(31)20-10-8-18(2)9-11-20/h5-15,17,25,31H,4,16H2,1-3H3/b26-24+. The molecule has 0 aliphatic carbocycles. The van der Waals surface area contributed by atoms with Crippen LogP contribution in [-0.4, -0.2) is 29.4 Å². The fourth-order valence-electron chi connectivity index (χ4n) is 4.16. The van der Waals surface area contributed by atoms with Crippen LogP contribution in [0.4, 0.5) is 5.69 Å². The minimum atomic E-state index is -0.825. The minimum absolute atomic E-state index is 0.0240. The molecule has 6 heteroatoms. The SMILES string of the molecule is CCCOC(=O)c1ccc(N2C(=O)C(=O)/C(=C(/O)c3ccc(C)cc3)C2c2cccc(C)c2)cc1. The molecule has 1 saturated heterocycles. The van der Waals surface area contributed by atoms with Crippen LogP contribution in [0.3, 0.4) is 0 Å². The highest BCUT2D eigenvalue weighted by Crippen LogP contribution is 2.42. The van der Waals surface area contributed by atoms with E-state index >= 15 is 0 Å². The van der Waals surface area contributed by atoms with Gasteiger partial charge in [-0.2, -0.15) is 0 Å². The average molecular weight is 470 g/mol. The summed E-state index contributed by atoms with van der Waals surface area (Å²) in [5, 5.41) is 11.2. The fraction of sp³-hybridized carbons (Fsp3) is 0.207. The van der Waals surface area contributed by atoms with Crippen molar-refractivity contribution in [1.29, 1.82) is 0 Å². The number of rotatable bonds is 6. The van der Waals surface area contributed by atoms with Crippen LogP contribution in [0.5, 0.6) is 0 Å². The molecule has 1 atom stereocenters. The summed E-state index contributed by atoms with van der Waals surface area (Å²) in [5.41, 5.74) is 3.94. The maximum atomic E-state index is 13.3. The predicted octanol–water partition coefficient (Wildman–Crippen LogP) is 5.50. The normalized spacial score (nSPS) is 17.0. The number of ether oxygens (including phenoxy) is 1. The molecule has 178 valence electrons. The van der Waals surface area contributed by atoms with Gasteiger partial charge >= 0.3 is 5.97 Å². The second-order valence-corrected chi connectivity index (χ2v) is 8.63. The van der Waals surface area contributed by atoms with Gasteiger partial charge in [-0.3, -0.25) is 14.5 Å². The Labute approximate surface area is 204 Å². The first-order valence-corrected chi connectivity index (χ1v) is 11.5. The smallest absolute Gasteiger partial charge is 0.338 e. The number of anilines is 1. The highest BCUT2D eigenvalue weighted by atomic mass is 16.5. The number of hydrogen-bond donors (Lipinski definition) is 1. The maximum Gasteiger partial charge on any atom is 0.338 e. The number of carbonyl (C=O) groups is 3. The lowest BCUT2D eigenvalue weighted by atomic mass is 9.94. The summed E-state index contributed by atoms with van der Waals surface area (Å²) in [5.74, 6) is -2.18. The van der Waals surface area contributed by atoms with E-state index in [9.17, 15) is 19.5 Å². The molecule has 35 heavy (non-hydrogen) atoms. The molecule has 0 radical (unpaired) electrons. The van der Waals surface area contributed by atoms with Crippen molar-refractivity contribution >= 4 is 29.1 Å². The number of Topliss-reactive ketones (excluding diaryl/α,β-unsaturated/α-hetero) is 1. The molecule has 3 aromatic carbocycles. The first-order chi connectivity index (χ1) is 16.8. The van der Waals surface area contributed by atoms with E-state index in [-0.39, 0.29) is 11.3 Å². The third kappa shape index (κ3) is 4.73. The molecule has 1 heterocycles. The Kier molecular flexibility index (Phi) is 6.82. The van der Waals surface area contributed by atoms with E-state index in [2.05, 4.69) is 0 Å². The number of hydrogen-bond acceptors (Lipinski definition) is 5. The molecule has 0 bridgehead atoms. The maximum absolute atomic E-state index is 13.3. The van der Waals surface area contributed by atoms with Crippen LogP contribution in [0.2, 0.25) is 0 Å². The predicted molar refractivity (Wildman–Crippen MR) is 134 cm³/mol. The largest absolute Gasteiger partial charge is 0.507 e. The van der Waals surface area contributed by atoms with Crippen LogP contribution >= 0.6 is 0 Å². The van der Waals surface area contributed by atoms with Gasteiger partial charge in [-0.05, 0) is 50.1 Å². The number of aliphatic hydroxyl groups is 1. The van der Waals surface area contributed by atoms with Crippen molar-refractivity contribution in [3.63, 3.8) is 0 Å². The molecule has 1 unspecified atom stereocenters. The van der Waals surface area contributed by atoms with E-state index in [1.54, 1.807) is 36.4 Å². The van der Waals surface area contributed by atoms with E-state index < -0.39 is 23.7 Å². The van der Waals surface area contributed by atoms with E-state index in [4.69, 9.17) is 4.74 Å². The van der Waals surface area contributed by atoms with Gasteiger partial charge < -0.3 is 9.84 Å². The third-order valence-electron chi connectivity index (χ3n) is 5.95. The van der Waals surface area contributed by atoms with Crippen molar-refractivity contribution in [2.24, 2.45) is 0 Å². The number of aliphatic hydroxyl groups excluding tert-OH is 1. The van der Waals surface area contributed by atoms with Gasteiger partial charge in [0.25, 0.3) is 11.7 Å². The number of aryl methyl sites for hydroxylation is 2. The van der Waals surface area contributed by atoms with Gasteiger partial charge in [-0.1, -0.05) is 66.6 Å². The number of ketones is 1. The van der Waals surface area contributed by atoms with E-state index in [1.807, 2.05) is 57.2 Å². The van der Waals surface area contributed by atoms with E-state index in [1.165, 1.54) is 4.90 Å². The van der Waals surface area contributed by atoms with Crippen molar-refractivity contribution in [1.82, 2.24) is 0 Å². The number of amides is 1. The van der Waals surface area contributed by atoms with Crippen molar-refractivity contribution in [3.05, 3.63) is 106 Å². The van der Waals surface area contributed by atoms with Crippen LogP contribution < -0.4 is 4.90 Å². The molecule has 1 N–H and O–H groups in total. The minimum Gasteiger partial charge on any atom is -0.507 e.